The minimum atomic E-state index is -4.97. The van der Waals surface area contributed by atoms with E-state index in [-0.39, 0.29) is 25.7 Å². The van der Waals surface area contributed by atoms with Gasteiger partial charge in [-0.3, -0.25) is 37.3 Å². The Morgan fingerprint density at radius 2 is 0.449 bits per heavy atom. The maximum Gasteiger partial charge on any atom is 0.472 e. The van der Waals surface area contributed by atoms with E-state index in [1.165, 1.54) is 302 Å². The van der Waals surface area contributed by atoms with Gasteiger partial charge in [-0.05, 0) is 31.6 Å². The van der Waals surface area contributed by atoms with Gasteiger partial charge < -0.3 is 33.8 Å². The highest BCUT2D eigenvalue weighted by atomic mass is 31.2. The van der Waals surface area contributed by atoms with Crippen molar-refractivity contribution in [2.75, 3.05) is 39.6 Å². The number of carbonyl (C=O) groups is 4. The summed E-state index contributed by atoms with van der Waals surface area (Å²) in [6, 6.07) is 0. The lowest BCUT2D eigenvalue weighted by atomic mass is 9.99. The maximum atomic E-state index is 13.2. The monoisotopic (exact) mass is 1560 g/mol. The number of aliphatic hydroxyl groups is 1. The highest BCUT2D eigenvalue weighted by Gasteiger charge is 2.30. The molecule has 0 saturated heterocycles. The normalized spacial score (nSPS) is 14.0. The number of rotatable bonds is 88. The molecule has 3 unspecified atom stereocenters. The average molecular weight is 1560 g/mol. The Hall–Kier alpha value is -1.94. The van der Waals surface area contributed by atoms with E-state index in [1.807, 2.05) is 0 Å². The van der Waals surface area contributed by atoms with Crippen LogP contribution in [0.4, 0.5) is 0 Å². The second kappa shape index (κ2) is 80.7. The summed E-state index contributed by atoms with van der Waals surface area (Å²) in [6.45, 7) is 7.38. The molecule has 0 spiro atoms. The van der Waals surface area contributed by atoms with Gasteiger partial charge in [-0.1, -0.05) is 426 Å². The van der Waals surface area contributed by atoms with Gasteiger partial charge in [0, 0.05) is 25.7 Å². The molecule has 0 saturated carbocycles. The van der Waals surface area contributed by atoms with Crippen molar-refractivity contribution in [1.29, 1.82) is 0 Å². The van der Waals surface area contributed by atoms with Gasteiger partial charge in [-0.2, -0.15) is 0 Å². The van der Waals surface area contributed by atoms with Crippen molar-refractivity contribution in [2.45, 2.75) is 496 Å². The van der Waals surface area contributed by atoms with Crippen molar-refractivity contribution in [1.82, 2.24) is 0 Å². The first-order chi connectivity index (χ1) is 52.1. The smallest absolute Gasteiger partial charge is 0.462 e. The summed E-state index contributed by atoms with van der Waals surface area (Å²) in [7, 11) is -9.93. The van der Waals surface area contributed by atoms with Crippen molar-refractivity contribution in [3.8, 4) is 0 Å². The predicted octanol–water partition coefficient (Wildman–Crippen LogP) is 27.2. The number of phosphoric ester groups is 2. The molecule has 0 aliphatic rings. The number of phosphoric acid groups is 2. The Labute approximate surface area is 658 Å². The number of esters is 4. The standard InChI is InChI=1S/C88H172O17P2/c1-6-10-13-16-19-22-25-28-31-34-35-36-37-38-40-43-46-49-52-59-64-69-74-87(92)104-83(77-98-85(90)71-66-61-56-50-47-44-42-39-32-29-26-23-20-17-14-11-7-2)79-102-106(94,95)100-75-82(89)76-101-107(96,97)103-80-84(78-99-86(91)72-67-62-57-54-53-55-60-65-70-81(5)9-4)105-88(93)73-68-63-58-51-48-45-41-33-30-27-24-21-18-15-12-8-3/h81-84,89H,6-80H2,1-5H3,(H,94,95)(H,96,97)/t81?,82-,83-,84-/m1/s1. The van der Waals surface area contributed by atoms with Crippen LogP contribution in [0.25, 0.3) is 0 Å². The lowest BCUT2D eigenvalue weighted by Gasteiger charge is -2.21. The first kappa shape index (κ1) is 105. The quantitative estimate of drug-likeness (QED) is 0.0222. The second-order valence-corrected chi connectivity index (χ2v) is 34.8. The molecule has 3 N–H and O–H groups in total. The van der Waals surface area contributed by atoms with Crippen LogP contribution in [0.5, 0.6) is 0 Å². The van der Waals surface area contributed by atoms with Gasteiger partial charge in [0.15, 0.2) is 12.2 Å². The van der Waals surface area contributed by atoms with E-state index < -0.39 is 97.5 Å². The largest absolute Gasteiger partial charge is 0.472 e. The Balaban J connectivity index is 5.24. The third-order valence-corrected chi connectivity index (χ3v) is 23.0. The highest BCUT2D eigenvalue weighted by molar-refractivity contribution is 7.47. The SMILES string of the molecule is CCCCCCCCCCCCCCCCCCCCCCCCC(=O)O[C@H](COC(=O)CCCCCCCCCCCCCCCCCCC)COP(=O)(O)OC[C@@H](O)COP(=O)(O)OC[C@@H](COC(=O)CCCCCCCCCCC(C)CC)OC(=O)CCCCCCCCCCCCCCCCCC. The molecule has 0 aromatic rings. The number of aliphatic hydroxyl groups excluding tert-OH is 1. The van der Waals surface area contributed by atoms with Gasteiger partial charge in [0.05, 0.1) is 26.4 Å². The molecular formula is C88H172O17P2. The van der Waals surface area contributed by atoms with Gasteiger partial charge in [-0.15, -0.1) is 0 Å². The number of carbonyl (C=O) groups excluding carboxylic acids is 4. The van der Waals surface area contributed by atoms with E-state index in [1.54, 1.807) is 0 Å². The second-order valence-electron chi connectivity index (χ2n) is 31.9. The van der Waals surface area contributed by atoms with E-state index in [4.69, 9.17) is 37.0 Å². The Bertz CT molecular complexity index is 2030. The van der Waals surface area contributed by atoms with Crippen LogP contribution < -0.4 is 0 Å². The molecule has 19 heteroatoms. The summed E-state index contributed by atoms with van der Waals surface area (Å²) in [5.41, 5.74) is 0. The molecule has 0 aliphatic carbocycles. The van der Waals surface area contributed by atoms with E-state index in [0.717, 1.165) is 95.8 Å². The van der Waals surface area contributed by atoms with Crippen molar-refractivity contribution < 1.29 is 80.2 Å². The zero-order valence-electron chi connectivity index (χ0n) is 70.3. The van der Waals surface area contributed by atoms with Crippen molar-refractivity contribution in [3.05, 3.63) is 0 Å². The molecule has 0 aromatic heterocycles. The topological polar surface area (TPSA) is 237 Å². The van der Waals surface area contributed by atoms with E-state index in [2.05, 4.69) is 34.6 Å². The van der Waals surface area contributed by atoms with Crippen LogP contribution in [-0.2, 0) is 65.4 Å². The van der Waals surface area contributed by atoms with Crippen molar-refractivity contribution >= 4 is 39.5 Å². The van der Waals surface area contributed by atoms with E-state index in [9.17, 15) is 43.2 Å². The molecule has 0 rings (SSSR count). The van der Waals surface area contributed by atoms with Crippen LogP contribution in [0.1, 0.15) is 478 Å². The van der Waals surface area contributed by atoms with E-state index in [0.29, 0.717) is 25.7 Å². The van der Waals surface area contributed by atoms with E-state index >= 15 is 0 Å². The van der Waals surface area contributed by atoms with Crippen LogP contribution in [0.2, 0.25) is 0 Å². The lowest BCUT2D eigenvalue weighted by molar-refractivity contribution is -0.161. The highest BCUT2D eigenvalue weighted by Crippen LogP contribution is 2.45. The molecule has 0 aliphatic heterocycles. The zero-order chi connectivity index (χ0) is 78.3. The van der Waals surface area contributed by atoms with Crippen LogP contribution in [-0.4, -0.2) is 96.7 Å². The number of ether oxygens (including phenoxy) is 4. The maximum absolute atomic E-state index is 13.2. The number of unbranched alkanes of at least 4 members (excludes halogenated alkanes) is 59. The molecule has 107 heavy (non-hydrogen) atoms. The summed E-state index contributed by atoms with van der Waals surface area (Å²) in [5.74, 6) is -1.32. The fourth-order valence-electron chi connectivity index (χ4n) is 13.8. The van der Waals surface area contributed by atoms with Crippen LogP contribution >= 0.6 is 15.6 Å². The molecule has 17 nitrogen and oxygen atoms in total. The Morgan fingerprint density at radius 3 is 0.664 bits per heavy atom. The molecule has 0 aromatic carbocycles. The molecule has 0 radical (unpaired) electrons. The van der Waals surface area contributed by atoms with Crippen molar-refractivity contribution in [3.63, 3.8) is 0 Å². The molecule has 636 valence electrons. The van der Waals surface area contributed by atoms with Gasteiger partial charge in [0.2, 0.25) is 0 Å². The first-order valence-corrected chi connectivity index (χ1v) is 48.7. The molecule has 0 fully saturated rings. The zero-order valence-corrected chi connectivity index (χ0v) is 72.1. The van der Waals surface area contributed by atoms with Gasteiger partial charge in [-0.25, -0.2) is 9.13 Å². The predicted molar refractivity (Wildman–Crippen MR) is 442 cm³/mol. The molecule has 0 amide bonds. The third kappa shape index (κ3) is 80.5. The van der Waals surface area contributed by atoms with Gasteiger partial charge in [0.1, 0.15) is 19.3 Å². The lowest BCUT2D eigenvalue weighted by Crippen LogP contribution is -2.30. The average Bonchev–Trinajstić information content (AvgIpc) is 0.899. The number of hydrogen-bond donors (Lipinski definition) is 3. The van der Waals surface area contributed by atoms with Crippen LogP contribution in [0.3, 0.4) is 0 Å². The van der Waals surface area contributed by atoms with Crippen molar-refractivity contribution in [2.24, 2.45) is 5.92 Å². The fourth-order valence-corrected chi connectivity index (χ4v) is 15.4. The molecular weight excluding hydrogens is 1390 g/mol. The summed E-state index contributed by atoms with van der Waals surface area (Å²) in [6.07, 6.45) is 75.0. The minimum absolute atomic E-state index is 0.108. The summed E-state index contributed by atoms with van der Waals surface area (Å²) in [5, 5.41) is 10.7. The fraction of sp³-hybridized carbons (Fsp3) is 0.955. The first-order valence-electron chi connectivity index (χ1n) is 45.7. The Kier molecular flexibility index (Phi) is 79.2. The van der Waals surface area contributed by atoms with Gasteiger partial charge in [0.25, 0.3) is 0 Å². The van der Waals surface area contributed by atoms with Gasteiger partial charge >= 0.3 is 39.5 Å². The minimum Gasteiger partial charge on any atom is -0.462 e. The summed E-state index contributed by atoms with van der Waals surface area (Å²) < 4.78 is 69.0. The summed E-state index contributed by atoms with van der Waals surface area (Å²) >= 11 is 0. The van der Waals surface area contributed by atoms with Crippen LogP contribution in [0.15, 0.2) is 0 Å². The Morgan fingerprint density at radius 1 is 0.262 bits per heavy atom. The summed E-state index contributed by atoms with van der Waals surface area (Å²) in [4.78, 5) is 73.3. The molecule has 6 atom stereocenters. The third-order valence-electron chi connectivity index (χ3n) is 21.1. The van der Waals surface area contributed by atoms with Crippen LogP contribution in [0, 0.1) is 5.92 Å². The molecule has 0 bridgehead atoms. The number of hydrogen-bond acceptors (Lipinski definition) is 15. The molecule has 0 heterocycles.